The molecule has 3 aromatic rings. The van der Waals surface area contributed by atoms with E-state index in [1.54, 1.807) is 34.0 Å². The van der Waals surface area contributed by atoms with Crippen molar-refractivity contribution in [3.8, 4) is 11.8 Å². The van der Waals surface area contributed by atoms with Crippen molar-refractivity contribution in [3.05, 3.63) is 81.6 Å². The summed E-state index contributed by atoms with van der Waals surface area (Å²) in [5.41, 5.74) is 3.31. The molecule has 2 fully saturated rings. The zero-order chi connectivity index (χ0) is 26.2. The molecule has 2 atom stereocenters. The molecule has 2 aliphatic rings. The molecule has 1 aliphatic heterocycles. The van der Waals surface area contributed by atoms with E-state index in [1.807, 2.05) is 6.07 Å². The lowest BCUT2D eigenvalue weighted by molar-refractivity contribution is -0.274. The summed E-state index contributed by atoms with van der Waals surface area (Å²) in [7, 11) is 0. The second-order valence-corrected chi connectivity index (χ2v) is 10.1. The van der Waals surface area contributed by atoms with Crippen LogP contribution in [0.1, 0.15) is 27.2 Å². The molecule has 0 N–H and O–H groups in total. The molecular formula is C26H22F4N4O2S. The number of rotatable bonds is 8. The van der Waals surface area contributed by atoms with Gasteiger partial charge in [-0.25, -0.2) is 9.37 Å². The standard InChI is InChI=1S/C26H22F4N4O2S/c27-23-5-4-17(6-18(23)8-31)9-33-11-20-21(12-33)22(20)13-34(25(35)24-14-37-15-32-24)10-16-2-1-3-19(7-16)36-26(28,29)30/h1-7,14-15,20-22H,9-13H2. The molecule has 0 bridgehead atoms. The minimum absolute atomic E-state index is 0.0284. The molecule has 1 saturated heterocycles. The zero-order valence-electron chi connectivity index (χ0n) is 19.5. The quantitative estimate of drug-likeness (QED) is 0.381. The first-order chi connectivity index (χ1) is 17.7. The number of nitrogens with zero attached hydrogens (tertiary/aromatic N) is 4. The largest absolute Gasteiger partial charge is 0.573 e. The summed E-state index contributed by atoms with van der Waals surface area (Å²) in [5.74, 6) is -0.0683. The number of nitriles is 1. The van der Waals surface area contributed by atoms with E-state index in [-0.39, 0.29) is 29.7 Å². The van der Waals surface area contributed by atoms with Gasteiger partial charge in [0.15, 0.2) is 0 Å². The maximum Gasteiger partial charge on any atom is 0.573 e. The van der Waals surface area contributed by atoms with Gasteiger partial charge in [0.1, 0.15) is 23.3 Å². The molecular weight excluding hydrogens is 508 g/mol. The lowest BCUT2D eigenvalue weighted by atomic mass is 10.1. The van der Waals surface area contributed by atoms with Gasteiger partial charge >= 0.3 is 6.36 Å². The van der Waals surface area contributed by atoms with Crippen LogP contribution in [0.15, 0.2) is 53.4 Å². The number of hydrogen-bond acceptors (Lipinski definition) is 6. The van der Waals surface area contributed by atoms with Crippen molar-refractivity contribution in [2.75, 3.05) is 19.6 Å². The highest BCUT2D eigenvalue weighted by Gasteiger charge is 2.55. The summed E-state index contributed by atoms with van der Waals surface area (Å²) in [6, 6.07) is 12.1. The highest BCUT2D eigenvalue weighted by molar-refractivity contribution is 7.07. The van der Waals surface area contributed by atoms with Crippen LogP contribution in [-0.4, -0.2) is 46.7 Å². The van der Waals surface area contributed by atoms with Gasteiger partial charge in [-0.2, -0.15) is 5.26 Å². The first-order valence-corrected chi connectivity index (χ1v) is 12.6. The van der Waals surface area contributed by atoms with Gasteiger partial charge in [-0.05, 0) is 53.1 Å². The van der Waals surface area contributed by atoms with E-state index in [2.05, 4.69) is 14.6 Å². The Morgan fingerprint density at radius 2 is 1.97 bits per heavy atom. The summed E-state index contributed by atoms with van der Waals surface area (Å²) in [6.45, 7) is 2.86. The number of benzene rings is 2. The number of carbonyl (C=O) groups is 1. The lowest BCUT2D eigenvalue weighted by Gasteiger charge is -2.25. The number of aromatic nitrogens is 1. The van der Waals surface area contributed by atoms with E-state index >= 15 is 0 Å². The van der Waals surface area contributed by atoms with Crippen molar-refractivity contribution in [1.29, 1.82) is 5.26 Å². The molecule has 1 aromatic heterocycles. The van der Waals surface area contributed by atoms with Crippen molar-refractivity contribution in [2.45, 2.75) is 19.5 Å². The fourth-order valence-corrected chi connectivity index (χ4v) is 5.69. The van der Waals surface area contributed by atoms with Gasteiger partial charge in [-0.3, -0.25) is 9.69 Å². The highest BCUT2D eigenvalue weighted by Crippen LogP contribution is 2.52. The SMILES string of the molecule is N#Cc1cc(CN2CC3C(C2)C3CN(Cc2cccc(OC(F)(F)F)c2)C(=O)c2cscn2)ccc1F. The topological polar surface area (TPSA) is 69.5 Å². The Hall–Kier alpha value is -3.49. The number of piperidine rings is 1. The van der Waals surface area contributed by atoms with Crippen molar-refractivity contribution in [3.63, 3.8) is 0 Å². The molecule has 37 heavy (non-hydrogen) atoms. The molecule has 2 aromatic carbocycles. The van der Waals surface area contributed by atoms with Crippen LogP contribution in [0.5, 0.6) is 5.75 Å². The van der Waals surface area contributed by atoms with Gasteiger partial charge in [0.05, 0.1) is 11.1 Å². The lowest BCUT2D eigenvalue weighted by Crippen LogP contribution is -2.35. The van der Waals surface area contributed by atoms with E-state index in [9.17, 15) is 22.4 Å². The molecule has 2 unspecified atom stereocenters. The first-order valence-electron chi connectivity index (χ1n) is 11.6. The first kappa shape index (κ1) is 25.2. The zero-order valence-corrected chi connectivity index (χ0v) is 20.3. The number of thiazole rings is 1. The van der Waals surface area contributed by atoms with Crippen LogP contribution in [-0.2, 0) is 13.1 Å². The van der Waals surface area contributed by atoms with E-state index in [0.717, 1.165) is 18.7 Å². The van der Waals surface area contributed by atoms with E-state index in [0.29, 0.717) is 36.2 Å². The van der Waals surface area contributed by atoms with Gasteiger partial charge in [-0.15, -0.1) is 24.5 Å². The number of amides is 1. The molecule has 0 spiro atoms. The third-order valence-electron chi connectivity index (χ3n) is 6.88. The summed E-state index contributed by atoms with van der Waals surface area (Å²) < 4.78 is 55.6. The Morgan fingerprint density at radius 3 is 2.65 bits per heavy atom. The number of halogens is 4. The normalized spacial score (nSPS) is 20.8. The Labute approximate surface area is 214 Å². The minimum atomic E-state index is -4.80. The molecule has 2 heterocycles. The minimum Gasteiger partial charge on any atom is -0.406 e. The molecule has 1 saturated carbocycles. The maximum absolute atomic E-state index is 13.6. The summed E-state index contributed by atoms with van der Waals surface area (Å²) in [4.78, 5) is 21.2. The third-order valence-corrected chi connectivity index (χ3v) is 7.47. The second kappa shape index (κ2) is 10.1. The van der Waals surface area contributed by atoms with Crippen LogP contribution in [0.2, 0.25) is 0 Å². The van der Waals surface area contributed by atoms with Crippen LogP contribution in [0.3, 0.4) is 0 Å². The van der Waals surface area contributed by atoms with Crippen LogP contribution in [0.4, 0.5) is 17.6 Å². The summed E-state index contributed by atoms with van der Waals surface area (Å²) in [6.07, 6.45) is -4.80. The molecule has 6 nitrogen and oxygen atoms in total. The van der Waals surface area contributed by atoms with Gasteiger partial charge in [0.2, 0.25) is 0 Å². The predicted octanol–water partition coefficient (Wildman–Crippen LogP) is 5.07. The van der Waals surface area contributed by atoms with Crippen LogP contribution in [0, 0.1) is 34.9 Å². The monoisotopic (exact) mass is 530 g/mol. The number of ether oxygens (including phenoxy) is 1. The van der Waals surface area contributed by atoms with Crippen LogP contribution < -0.4 is 4.74 Å². The summed E-state index contributed by atoms with van der Waals surface area (Å²) in [5, 5.41) is 10.7. The molecule has 11 heteroatoms. The Kier molecular flexibility index (Phi) is 6.88. The number of fused-ring (bicyclic) bond motifs is 1. The van der Waals surface area contributed by atoms with Gasteiger partial charge in [-0.1, -0.05) is 18.2 Å². The van der Waals surface area contributed by atoms with Crippen molar-refractivity contribution in [2.24, 2.45) is 17.8 Å². The smallest absolute Gasteiger partial charge is 0.406 e. The predicted molar refractivity (Wildman–Crippen MR) is 127 cm³/mol. The molecule has 1 amide bonds. The fraction of sp³-hybridized carbons (Fsp3) is 0.346. The highest BCUT2D eigenvalue weighted by atomic mass is 32.1. The molecule has 0 radical (unpaired) electrons. The Morgan fingerprint density at radius 1 is 1.19 bits per heavy atom. The van der Waals surface area contributed by atoms with Gasteiger partial charge < -0.3 is 9.64 Å². The van der Waals surface area contributed by atoms with E-state index in [4.69, 9.17) is 5.26 Å². The van der Waals surface area contributed by atoms with Crippen molar-refractivity contribution >= 4 is 17.2 Å². The molecule has 5 rings (SSSR count). The summed E-state index contributed by atoms with van der Waals surface area (Å²) >= 11 is 1.30. The number of hydrogen-bond donors (Lipinski definition) is 0. The molecule has 192 valence electrons. The molecule has 1 aliphatic carbocycles. The fourth-order valence-electron chi connectivity index (χ4n) is 5.17. The van der Waals surface area contributed by atoms with Gasteiger partial charge in [0, 0.05) is 38.1 Å². The average Bonchev–Trinajstić information content (AvgIpc) is 3.24. The van der Waals surface area contributed by atoms with Crippen molar-refractivity contribution in [1.82, 2.24) is 14.8 Å². The number of carbonyl (C=O) groups excluding carboxylic acids is 1. The van der Waals surface area contributed by atoms with E-state index < -0.39 is 12.2 Å². The number of alkyl halides is 3. The van der Waals surface area contributed by atoms with Crippen LogP contribution >= 0.6 is 11.3 Å². The van der Waals surface area contributed by atoms with Crippen LogP contribution in [0.25, 0.3) is 0 Å². The van der Waals surface area contributed by atoms with Crippen molar-refractivity contribution < 1.29 is 27.1 Å². The Balaban J connectivity index is 1.24. The average molecular weight is 531 g/mol. The van der Waals surface area contributed by atoms with E-state index in [1.165, 1.54) is 35.6 Å². The number of likely N-dealkylation sites (tertiary alicyclic amines) is 1. The maximum atomic E-state index is 13.6. The van der Waals surface area contributed by atoms with Gasteiger partial charge in [0.25, 0.3) is 5.91 Å². The second-order valence-electron chi connectivity index (χ2n) is 9.37. The Bertz CT molecular complexity index is 1310. The third kappa shape index (κ3) is 5.92.